The molecule has 0 aliphatic rings. The van der Waals surface area contributed by atoms with Crippen LogP contribution in [0.1, 0.15) is 15.9 Å². The van der Waals surface area contributed by atoms with E-state index in [4.69, 9.17) is 11.6 Å². The first kappa shape index (κ1) is 14.9. The van der Waals surface area contributed by atoms with Gasteiger partial charge in [0.15, 0.2) is 0 Å². The van der Waals surface area contributed by atoms with Gasteiger partial charge in [0, 0.05) is 5.02 Å². The third-order valence-electron chi connectivity index (χ3n) is 2.77. The summed E-state index contributed by atoms with van der Waals surface area (Å²) < 4.78 is 0. The maximum atomic E-state index is 11.8. The second kappa shape index (κ2) is 6.76. The highest BCUT2D eigenvalue weighted by Crippen LogP contribution is 2.16. The molecular weight excluding hydrogens is 292 g/mol. The molecule has 2 aromatic rings. The molecule has 2 rings (SSSR count). The molecule has 0 atom stereocenters. The van der Waals surface area contributed by atoms with Gasteiger partial charge in [0.25, 0.3) is 5.91 Å². The fraction of sp³-hybridized carbons (Fsp3) is 0.0667. The van der Waals surface area contributed by atoms with Gasteiger partial charge in [-0.15, -0.1) is 0 Å². The van der Waals surface area contributed by atoms with E-state index in [1.165, 1.54) is 12.1 Å². The van der Waals surface area contributed by atoms with Crippen LogP contribution in [0.25, 0.3) is 0 Å². The van der Waals surface area contributed by atoms with Gasteiger partial charge in [0.2, 0.25) is 5.91 Å². The quantitative estimate of drug-likeness (QED) is 0.759. The van der Waals surface area contributed by atoms with E-state index in [0.29, 0.717) is 10.6 Å². The molecule has 0 heterocycles. The number of phenolic OH excluding ortho intramolecular Hbond substituents is 1. The van der Waals surface area contributed by atoms with E-state index < -0.39 is 11.8 Å². The van der Waals surface area contributed by atoms with Gasteiger partial charge in [-0.25, -0.2) is 0 Å². The minimum absolute atomic E-state index is 0.0424. The maximum absolute atomic E-state index is 11.8. The van der Waals surface area contributed by atoms with Crippen LogP contribution in [0.15, 0.2) is 48.5 Å². The van der Waals surface area contributed by atoms with E-state index in [1.807, 2.05) is 0 Å². The molecule has 108 valence electrons. The van der Waals surface area contributed by atoms with Crippen molar-refractivity contribution >= 4 is 23.4 Å². The molecule has 2 aromatic carbocycles. The molecule has 0 spiro atoms. The van der Waals surface area contributed by atoms with Crippen molar-refractivity contribution in [3.8, 4) is 5.75 Å². The molecule has 0 saturated heterocycles. The zero-order valence-corrected chi connectivity index (χ0v) is 11.7. The summed E-state index contributed by atoms with van der Waals surface area (Å²) in [6.07, 6.45) is 0.0424. The van der Waals surface area contributed by atoms with Crippen LogP contribution < -0.4 is 10.9 Å². The average molecular weight is 305 g/mol. The number of aromatic hydroxyl groups is 1. The first-order valence-electron chi connectivity index (χ1n) is 6.18. The van der Waals surface area contributed by atoms with E-state index in [1.54, 1.807) is 36.4 Å². The number of benzene rings is 2. The van der Waals surface area contributed by atoms with Gasteiger partial charge in [0.05, 0.1) is 12.0 Å². The lowest BCUT2D eigenvalue weighted by atomic mass is 10.1. The molecule has 0 fully saturated rings. The molecule has 2 amide bonds. The van der Waals surface area contributed by atoms with Crippen LogP contribution in [0.3, 0.4) is 0 Å². The Balaban J connectivity index is 1.91. The SMILES string of the molecule is O=C(Cc1ccccc1Cl)NNC(=O)c1ccccc1O. The number of hydrogen-bond acceptors (Lipinski definition) is 3. The average Bonchev–Trinajstić information content (AvgIpc) is 2.48. The fourth-order valence-corrected chi connectivity index (χ4v) is 1.92. The molecule has 0 aliphatic heterocycles. The van der Waals surface area contributed by atoms with Crippen molar-refractivity contribution < 1.29 is 14.7 Å². The summed E-state index contributed by atoms with van der Waals surface area (Å²) in [6.45, 7) is 0. The maximum Gasteiger partial charge on any atom is 0.273 e. The number of carbonyl (C=O) groups is 2. The smallest absolute Gasteiger partial charge is 0.273 e. The number of para-hydroxylation sites is 1. The van der Waals surface area contributed by atoms with Crippen LogP contribution in [0.4, 0.5) is 0 Å². The van der Waals surface area contributed by atoms with Crippen molar-refractivity contribution in [3.63, 3.8) is 0 Å². The number of amides is 2. The number of nitrogens with one attached hydrogen (secondary N) is 2. The summed E-state index contributed by atoms with van der Waals surface area (Å²) in [7, 11) is 0. The van der Waals surface area contributed by atoms with Crippen molar-refractivity contribution in [3.05, 3.63) is 64.7 Å². The van der Waals surface area contributed by atoms with Crippen LogP contribution in [-0.4, -0.2) is 16.9 Å². The van der Waals surface area contributed by atoms with E-state index in [-0.39, 0.29) is 17.7 Å². The molecule has 5 nitrogen and oxygen atoms in total. The zero-order valence-electron chi connectivity index (χ0n) is 11.0. The lowest BCUT2D eigenvalue weighted by Gasteiger charge is -2.09. The number of hydrazine groups is 1. The largest absolute Gasteiger partial charge is 0.507 e. The highest BCUT2D eigenvalue weighted by Gasteiger charge is 2.12. The van der Waals surface area contributed by atoms with Gasteiger partial charge >= 0.3 is 0 Å². The number of rotatable bonds is 3. The zero-order chi connectivity index (χ0) is 15.2. The van der Waals surface area contributed by atoms with E-state index in [2.05, 4.69) is 10.9 Å². The molecule has 0 bridgehead atoms. The normalized spacial score (nSPS) is 9.95. The van der Waals surface area contributed by atoms with Crippen LogP contribution in [0, 0.1) is 0 Å². The van der Waals surface area contributed by atoms with Crippen molar-refractivity contribution in [2.24, 2.45) is 0 Å². The Morgan fingerprint density at radius 2 is 1.67 bits per heavy atom. The van der Waals surface area contributed by atoms with Crippen LogP contribution in [-0.2, 0) is 11.2 Å². The molecule has 0 aromatic heterocycles. The van der Waals surface area contributed by atoms with Crippen molar-refractivity contribution in [2.45, 2.75) is 6.42 Å². The summed E-state index contributed by atoms with van der Waals surface area (Å²) in [4.78, 5) is 23.5. The van der Waals surface area contributed by atoms with Gasteiger partial charge in [-0.05, 0) is 23.8 Å². The molecular formula is C15H13ClN2O3. The Bertz CT molecular complexity index is 673. The van der Waals surface area contributed by atoms with Crippen LogP contribution in [0.2, 0.25) is 5.02 Å². The number of halogens is 1. The predicted octanol–water partition coefficient (Wildman–Crippen LogP) is 2.05. The summed E-state index contributed by atoms with van der Waals surface area (Å²) in [5.41, 5.74) is 5.25. The minimum Gasteiger partial charge on any atom is -0.507 e. The van der Waals surface area contributed by atoms with Crippen molar-refractivity contribution in [1.82, 2.24) is 10.9 Å². The number of hydrogen-bond donors (Lipinski definition) is 3. The second-order valence-electron chi connectivity index (χ2n) is 4.29. The van der Waals surface area contributed by atoms with E-state index in [0.717, 1.165) is 0 Å². The standard InChI is InChI=1S/C15H13ClN2O3/c16-12-7-3-1-5-10(12)9-14(20)17-18-15(21)11-6-2-4-8-13(11)19/h1-8,19H,9H2,(H,17,20)(H,18,21). The summed E-state index contributed by atoms with van der Waals surface area (Å²) in [5, 5.41) is 10.0. The first-order chi connectivity index (χ1) is 10.1. The Kier molecular flexibility index (Phi) is 4.79. The summed E-state index contributed by atoms with van der Waals surface area (Å²) >= 11 is 5.95. The Morgan fingerprint density at radius 3 is 2.38 bits per heavy atom. The van der Waals surface area contributed by atoms with Crippen molar-refractivity contribution in [2.75, 3.05) is 0 Å². The molecule has 0 aliphatic carbocycles. The highest BCUT2D eigenvalue weighted by molar-refractivity contribution is 6.31. The van der Waals surface area contributed by atoms with Gasteiger partial charge in [-0.2, -0.15) is 0 Å². The molecule has 6 heteroatoms. The number of phenols is 1. The lowest BCUT2D eigenvalue weighted by molar-refractivity contribution is -0.121. The van der Waals surface area contributed by atoms with Gasteiger partial charge in [0.1, 0.15) is 5.75 Å². The second-order valence-corrected chi connectivity index (χ2v) is 4.69. The summed E-state index contributed by atoms with van der Waals surface area (Å²) in [5.74, 6) is -1.16. The topological polar surface area (TPSA) is 78.4 Å². The molecule has 0 radical (unpaired) electrons. The first-order valence-corrected chi connectivity index (χ1v) is 6.56. The van der Waals surface area contributed by atoms with E-state index >= 15 is 0 Å². The molecule has 21 heavy (non-hydrogen) atoms. The van der Waals surface area contributed by atoms with Gasteiger partial charge < -0.3 is 5.11 Å². The molecule has 3 N–H and O–H groups in total. The Labute approximate surface area is 126 Å². The van der Waals surface area contributed by atoms with E-state index in [9.17, 15) is 14.7 Å². The number of carbonyl (C=O) groups excluding carboxylic acids is 2. The van der Waals surface area contributed by atoms with Crippen LogP contribution in [0.5, 0.6) is 5.75 Å². The summed E-state index contributed by atoms with van der Waals surface area (Å²) in [6, 6.07) is 13.0. The van der Waals surface area contributed by atoms with Crippen molar-refractivity contribution in [1.29, 1.82) is 0 Å². The Morgan fingerprint density at radius 1 is 1.00 bits per heavy atom. The molecule has 0 unspecified atom stereocenters. The minimum atomic E-state index is -0.597. The lowest BCUT2D eigenvalue weighted by Crippen LogP contribution is -2.42. The highest BCUT2D eigenvalue weighted by atomic mass is 35.5. The van der Waals surface area contributed by atoms with Gasteiger partial charge in [-0.3, -0.25) is 20.4 Å². The fourth-order valence-electron chi connectivity index (χ4n) is 1.72. The monoisotopic (exact) mass is 304 g/mol. The predicted molar refractivity (Wildman–Crippen MR) is 78.9 cm³/mol. The third-order valence-corrected chi connectivity index (χ3v) is 3.14. The Hall–Kier alpha value is -2.53. The van der Waals surface area contributed by atoms with Gasteiger partial charge in [-0.1, -0.05) is 41.9 Å². The van der Waals surface area contributed by atoms with Crippen LogP contribution >= 0.6 is 11.6 Å². The third kappa shape index (κ3) is 3.97. The molecule has 0 saturated carbocycles.